The minimum Gasteiger partial charge on any atom is -0.305 e. The van der Waals surface area contributed by atoms with Gasteiger partial charge in [-0.05, 0) is 37.7 Å². The molecule has 0 radical (unpaired) electrons. The second-order valence-electron chi connectivity index (χ2n) is 6.73. The van der Waals surface area contributed by atoms with Gasteiger partial charge < -0.3 is 4.57 Å². The number of carbonyl (C=O) groups is 1. The Labute approximate surface area is 169 Å². The van der Waals surface area contributed by atoms with Crippen molar-refractivity contribution in [1.82, 2.24) is 25.0 Å². The number of aryl methyl sites for hydroxylation is 1. The highest BCUT2D eigenvalue weighted by molar-refractivity contribution is 7.99. The molecule has 3 aromatic heterocycles. The number of fused-ring (bicyclic) bond motifs is 1. The molecule has 1 N–H and O–H groups in total. The molecule has 0 aliphatic heterocycles. The zero-order valence-electron chi connectivity index (χ0n) is 15.4. The topological polar surface area (TPSA) is 85.6 Å². The van der Waals surface area contributed by atoms with E-state index in [9.17, 15) is 4.79 Å². The molecule has 0 saturated heterocycles. The van der Waals surface area contributed by atoms with Gasteiger partial charge in [-0.2, -0.15) is 0 Å². The number of thioether (sulfide) groups is 1. The van der Waals surface area contributed by atoms with E-state index >= 15 is 0 Å². The van der Waals surface area contributed by atoms with Crippen LogP contribution in [0.3, 0.4) is 0 Å². The summed E-state index contributed by atoms with van der Waals surface area (Å²) in [6, 6.07) is 0. The number of amides is 1. The summed E-state index contributed by atoms with van der Waals surface area (Å²) in [5.41, 5.74) is 2.62. The maximum Gasteiger partial charge on any atom is 0.236 e. The smallest absolute Gasteiger partial charge is 0.236 e. The van der Waals surface area contributed by atoms with Crippen molar-refractivity contribution in [3.8, 4) is 11.4 Å². The Morgan fingerprint density at radius 2 is 2.22 bits per heavy atom. The van der Waals surface area contributed by atoms with Gasteiger partial charge in [-0.15, -0.1) is 31.7 Å². The monoisotopic (exact) mass is 420 g/mol. The Morgan fingerprint density at radius 1 is 1.37 bits per heavy atom. The minimum atomic E-state index is -0.123. The average molecular weight is 421 g/mol. The van der Waals surface area contributed by atoms with Crippen LogP contribution in [0.4, 0.5) is 5.13 Å². The molecule has 0 spiro atoms. The predicted molar refractivity (Wildman–Crippen MR) is 110 cm³/mol. The Kier molecular flexibility index (Phi) is 5.29. The lowest BCUT2D eigenvalue weighted by atomic mass is 9.88. The molecule has 4 rings (SSSR count). The Morgan fingerprint density at radius 3 is 3.00 bits per heavy atom. The molecule has 1 unspecified atom stereocenters. The number of rotatable bonds is 5. The van der Waals surface area contributed by atoms with Crippen LogP contribution in [0, 0.1) is 12.8 Å². The van der Waals surface area contributed by atoms with Gasteiger partial charge in [0.25, 0.3) is 0 Å². The number of aromatic nitrogens is 5. The molecule has 0 fully saturated rings. The van der Waals surface area contributed by atoms with Gasteiger partial charge >= 0.3 is 0 Å². The lowest BCUT2D eigenvalue weighted by Crippen LogP contribution is -2.14. The standard InChI is InChI=1S/C17H20N6OS3/c1-9-4-5-11-12(7-25-13(11)6-9)15-20-22-17(23(15)3)26-8-14(24)18-16-21-19-10(2)27-16/h7,9H,4-6,8H2,1-3H3,(H,18,21,24). The van der Waals surface area contributed by atoms with E-state index in [1.54, 1.807) is 0 Å². The van der Waals surface area contributed by atoms with E-state index in [1.165, 1.54) is 45.5 Å². The molecule has 3 heterocycles. The Bertz CT molecular complexity index is 975. The molecule has 27 heavy (non-hydrogen) atoms. The van der Waals surface area contributed by atoms with Crippen molar-refractivity contribution in [2.24, 2.45) is 13.0 Å². The molecule has 3 aromatic rings. The van der Waals surface area contributed by atoms with Crippen LogP contribution in [-0.4, -0.2) is 36.6 Å². The van der Waals surface area contributed by atoms with Crippen molar-refractivity contribution >= 4 is 45.5 Å². The molecule has 0 aromatic carbocycles. The predicted octanol–water partition coefficient (Wildman–Crippen LogP) is 3.56. The van der Waals surface area contributed by atoms with Crippen LogP contribution in [0.5, 0.6) is 0 Å². The zero-order chi connectivity index (χ0) is 19.0. The summed E-state index contributed by atoms with van der Waals surface area (Å²) in [4.78, 5) is 13.6. The third-order valence-electron chi connectivity index (χ3n) is 4.58. The second-order valence-corrected chi connectivity index (χ2v) is 9.82. The maximum absolute atomic E-state index is 12.1. The number of nitrogens with one attached hydrogen (secondary N) is 1. The SMILES string of the molecule is Cc1nnc(NC(=O)CSc2nnc(-c3csc4c3CCC(C)C4)n2C)s1. The molecule has 1 atom stereocenters. The van der Waals surface area contributed by atoms with E-state index < -0.39 is 0 Å². The Hall–Kier alpha value is -1.78. The lowest BCUT2D eigenvalue weighted by Gasteiger charge is -2.18. The first-order valence-corrected chi connectivity index (χ1v) is 11.4. The summed E-state index contributed by atoms with van der Waals surface area (Å²) >= 11 is 4.56. The quantitative estimate of drug-likeness (QED) is 0.635. The first-order chi connectivity index (χ1) is 13.0. The first kappa shape index (κ1) is 18.6. The Balaban J connectivity index is 1.44. The summed E-state index contributed by atoms with van der Waals surface area (Å²) in [5.74, 6) is 1.77. The molecule has 1 aliphatic rings. The molecule has 0 bridgehead atoms. The summed E-state index contributed by atoms with van der Waals surface area (Å²) in [6.07, 6.45) is 3.49. The number of anilines is 1. The van der Waals surface area contributed by atoms with Crippen LogP contribution in [0.15, 0.2) is 10.5 Å². The summed E-state index contributed by atoms with van der Waals surface area (Å²) in [7, 11) is 1.96. The van der Waals surface area contributed by atoms with E-state index in [1.807, 2.05) is 29.9 Å². The van der Waals surface area contributed by atoms with Crippen LogP contribution >= 0.6 is 34.4 Å². The second kappa shape index (κ2) is 7.69. The summed E-state index contributed by atoms with van der Waals surface area (Å²) < 4.78 is 1.98. The number of carbonyl (C=O) groups excluding carboxylic acids is 1. The fourth-order valence-electron chi connectivity index (χ4n) is 3.17. The van der Waals surface area contributed by atoms with Crippen LogP contribution in [-0.2, 0) is 24.7 Å². The number of hydrogen-bond acceptors (Lipinski definition) is 8. The number of nitrogens with zero attached hydrogens (tertiary/aromatic N) is 5. The van der Waals surface area contributed by atoms with Crippen molar-refractivity contribution in [3.05, 3.63) is 20.8 Å². The number of thiophene rings is 1. The lowest BCUT2D eigenvalue weighted by molar-refractivity contribution is -0.113. The van der Waals surface area contributed by atoms with Crippen molar-refractivity contribution in [3.63, 3.8) is 0 Å². The van der Waals surface area contributed by atoms with Gasteiger partial charge in [0, 0.05) is 22.9 Å². The minimum absolute atomic E-state index is 0.123. The van der Waals surface area contributed by atoms with E-state index in [0.29, 0.717) is 5.13 Å². The van der Waals surface area contributed by atoms with Crippen LogP contribution in [0.2, 0.25) is 0 Å². The van der Waals surface area contributed by atoms with Crippen LogP contribution < -0.4 is 5.32 Å². The van der Waals surface area contributed by atoms with Gasteiger partial charge in [-0.25, -0.2) is 0 Å². The first-order valence-electron chi connectivity index (χ1n) is 8.73. The van der Waals surface area contributed by atoms with Crippen molar-refractivity contribution in [2.45, 2.75) is 38.3 Å². The van der Waals surface area contributed by atoms with Gasteiger partial charge in [0.05, 0.1) is 5.75 Å². The van der Waals surface area contributed by atoms with Gasteiger partial charge in [-0.3, -0.25) is 10.1 Å². The van der Waals surface area contributed by atoms with Gasteiger partial charge in [0.2, 0.25) is 11.0 Å². The number of hydrogen-bond donors (Lipinski definition) is 1. The molecule has 1 amide bonds. The van der Waals surface area contributed by atoms with E-state index in [4.69, 9.17) is 0 Å². The molecular formula is C17H20N6OS3. The van der Waals surface area contributed by atoms with Crippen molar-refractivity contribution in [1.29, 1.82) is 0 Å². The van der Waals surface area contributed by atoms with Gasteiger partial charge in [0.15, 0.2) is 11.0 Å². The molecule has 1 aliphatic carbocycles. The van der Waals surface area contributed by atoms with E-state index in [0.717, 1.165) is 34.7 Å². The molecule has 142 valence electrons. The highest BCUT2D eigenvalue weighted by Crippen LogP contribution is 2.38. The molecule has 10 heteroatoms. The van der Waals surface area contributed by atoms with Crippen molar-refractivity contribution in [2.75, 3.05) is 11.1 Å². The fraction of sp³-hybridized carbons (Fsp3) is 0.471. The fourth-order valence-corrected chi connectivity index (χ4v) is 5.73. The third kappa shape index (κ3) is 3.92. The highest BCUT2D eigenvalue weighted by Gasteiger charge is 2.23. The third-order valence-corrected chi connectivity index (χ3v) is 7.41. The highest BCUT2D eigenvalue weighted by atomic mass is 32.2. The molecule has 7 nitrogen and oxygen atoms in total. The normalized spacial score (nSPS) is 16.3. The maximum atomic E-state index is 12.1. The average Bonchev–Trinajstić information content (AvgIpc) is 3.32. The molecule has 0 saturated carbocycles. The van der Waals surface area contributed by atoms with Crippen LogP contribution in [0.1, 0.15) is 28.8 Å². The van der Waals surface area contributed by atoms with Gasteiger partial charge in [0.1, 0.15) is 5.01 Å². The van der Waals surface area contributed by atoms with Gasteiger partial charge in [-0.1, -0.05) is 30.0 Å². The summed E-state index contributed by atoms with van der Waals surface area (Å²) in [6.45, 7) is 4.17. The largest absolute Gasteiger partial charge is 0.305 e. The molecular weight excluding hydrogens is 400 g/mol. The van der Waals surface area contributed by atoms with Crippen molar-refractivity contribution < 1.29 is 4.79 Å². The summed E-state index contributed by atoms with van der Waals surface area (Å²) in [5, 5.41) is 23.5. The van der Waals surface area contributed by atoms with E-state index in [2.05, 4.69) is 38.0 Å². The zero-order valence-corrected chi connectivity index (χ0v) is 17.8. The van der Waals surface area contributed by atoms with E-state index in [-0.39, 0.29) is 11.7 Å². The van der Waals surface area contributed by atoms with Crippen LogP contribution in [0.25, 0.3) is 11.4 Å².